The van der Waals surface area contributed by atoms with Crippen LogP contribution in [-0.4, -0.2) is 48.3 Å². The molecule has 2 atom stereocenters. The molecule has 5 heteroatoms. The molecule has 2 unspecified atom stereocenters. The highest BCUT2D eigenvalue weighted by Crippen LogP contribution is 2.29. The van der Waals surface area contributed by atoms with Gasteiger partial charge in [-0.05, 0) is 43.5 Å². The molecule has 1 saturated heterocycles. The molecular weight excluding hydrogens is 284 g/mol. The molecular formula is C16H22N2O2S. The second kappa shape index (κ2) is 6.73. The van der Waals surface area contributed by atoms with Crippen LogP contribution in [0.25, 0.3) is 0 Å². The Morgan fingerprint density at radius 2 is 2.14 bits per heavy atom. The molecule has 0 aromatic heterocycles. The molecule has 1 aliphatic carbocycles. The summed E-state index contributed by atoms with van der Waals surface area (Å²) in [4.78, 5) is 2.94. The smallest absolute Gasteiger partial charge is 0.119 e. The molecule has 1 aromatic carbocycles. The van der Waals surface area contributed by atoms with Gasteiger partial charge in [-0.2, -0.15) is 0 Å². The number of fused-ring (bicyclic) bond motifs is 1. The second-order valence-corrected chi connectivity index (χ2v) is 6.12. The molecule has 0 radical (unpaired) electrons. The van der Waals surface area contributed by atoms with Gasteiger partial charge in [-0.3, -0.25) is 4.90 Å². The van der Waals surface area contributed by atoms with Crippen molar-refractivity contribution in [3.63, 3.8) is 0 Å². The minimum absolute atomic E-state index is 0.419. The van der Waals surface area contributed by atoms with Gasteiger partial charge in [0.15, 0.2) is 0 Å². The van der Waals surface area contributed by atoms with Crippen molar-refractivity contribution in [3.05, 3.63) is 29.8 Å². The molecule has 0 amide bonds. The predicted molar refractivity (Wildman–Crippen MR) is 86.8 cm³/mol. The number of nitrogens with zero attached hydrogens (tertiary/aromatic N) is 1. The van der Waals surface area contributed by atoms with E-state index in [-0.39, 0.29) is 0 Å². The monoisotopic (exact) mass is 306 g/mol. The molecule has 114 valence electrons. The number of hydrogen-bond donors (Lipinski definition) is 1. The molecule has 1 saturated carbocycles. The SMILES string of the molecule is NC(=S)c1ccc(OCCN2CCOC3CCCC32)cc1. The molecule has 2 fully saturated rings. The molecule has 21 heavy (non-hydrogen) atoms. The zero-order chi connectivity index (χ0) is 14.7. The van der Waals surface area contributed by atoms with Gasteiger partial charge < -0.3 is 15.2 Å². The minimum atomic E-state index is 0.419. The summed E-state index contributed by atoms with van der Waals surface area (Å²) in [5.74, 6) is 0.867. The van der Waals surface area contributed by atoms with Gasteiger partial charge in [0.05, 0.1) is 12.7 Å². The van der Waals surface area contributed by atoms with Crippen molar-refractivity contribution in [2.45, 2.75) is 31.4 Å². The third-order valence-electron chi connectivity index (χ3n) is 4.38. The van der Waals surface area contributed by atoms with Crippen LogP contribution in [0.4, 0.5) is 0 Å². The fourth-order valence-corrected chi connectivity index (χ4v) is 3.42. The molecule has 3 rings (SSSR count). The van der Waals surface area contributed by atoms with Crippen LogP contribution < -0.4 is 10.5 Å². The number of ether oxygens (including phenoxy) is 2. The van der Waals surface area contributed by atoms with Crippen molar-refractivity contribution in [2.75, 3.05) is 26.3 Å². The Morgan fingerprint density at radius 3 is 2.90 bits per heavy atom. The first-order chi connectivity index (χ1) is 10.2. The van der Waals surface area contributed by atoms with E-state index in [9.17, 15) is 0 Å². The van der Waals surface area contributed by atoms with Gasteiger partial charge in [-0.25, -0.2) is 0 Å². The van der Waals surface area contributed by atoms with Gasteiger partial charge in [0, 0.05) is 24.7 Å². The Kier molecular flexibility index (Phi) is 4.73. The van der Waals surface area contributed by atoms with Crippen LogP contribution in [0.5, 0.6) is 5.75 Å². The molecule has 0 bridgehead atoms. The summed E-state index contributed by atoms with van der Waals surface area (Å²) in [5.41, 5.74) is 6.46. The highest BCUT2D eigenvalue weighted by atomic mass is 32.1. The zero-order valence-electron chi connectivity index (χ0n) is 12.2. The normalized spacial score (nSPS) is 25.5. The zero-order valence-corrected chi connectivity index (χ0v) is 13.0. The lowest BCUT2D eigenvalue weighted by atomic mass is 10.1. The van der Waals surface area contributed by atoms with Gasteiger partial charge in [-0.15, -0.1) is 0 Å². The van der Waals surface area contributed by atoms with E-state index in [1.807, 2.05) is 24.3 Å². The van der Waals surface area contributed by atoms with E-state index in [1.54, 1.807) is 0 Å². The average molecular weight is 306 g/mol. The summed E-state index contributed by atoms with van der Waals surface area (Å²) >= 11 is 4.94. The van der Waals surface area contributed by atoms with Crippen LogP contribution >= 0.6 is 12.2 Å². The quantitative estimate of drug-likeness (QED) is 0.843. The van der Waals surface area contributed by atoms with Crippen LogP contribution in [0.3, 0.4) is 0 Å². The Labute approximate surface area is 131 Å². The van der Waals surface area contributed by atoms with E-state index in [0.29, 0.717) is 23.7 Å². The third-order valence-corrected chi connectivity index (χ3v) is 4.62. The number of rotatable bonds is 5. The van der Waals surface area contributed by atoms with Crippen LogP contribution in [0.15, 0.2) is 24.3 Å². The molecule has 1 heterocycles. The molecule has 4 nitrogen and oxygen atoms in total. The Bertz CT molecular complexity index is 492. The van der Waals surface area contributed by atoms with E-state index in [2.05, 4.69) is 4.90 Å². The fraction of sp³-hybridized carbons (Fsp3) is 0.562. The largest absolute Gasteiger partial charge is 0.492 e. The summed E-state index contributed by atoms with van der Waals surface area (Å²) in [6.07, 6.45) is 4.20. The first-order valence-electron chi connectivity index (χ1n) is 7.62. The Balaban J connectivity index is 1.48. The molecule has 1 aliphatic heterocycles. The van der Waals surface area contributed by atoms with Crippen molar-refractivity contribution in [2.24, 2.45) is 5.73 Å². The standard InChI is InChI=1S/C16H22N2O2S/c17-16(21)12-4-6-13(7-5-12)19-10-8-18-9-11-20-15-3-1-2-14(15)18/h4-7,14-15H,1-3,8-11H2,(H2,17,21). The van der Waals surface area contributed by atoms with Crippen molar-refractivity contribution >= 4 is 17.2 Å². The number of nitrogens with two attached hydrogens (primary N) is 1. The maximum absolute atomic E-state index is 5.83. The molecule has 2 N–H and O–H groups in total. The van der Waals surface area contributed by atoms with Crippen LogP contribution in [0.1, 0.15) is 24.8 Å². The van der Waals surface area contributed by atoms with Crippen LogP contribution in [0.2, 0.25) is 0 Å². The van der Waals surface area contributed by atoms with E-state index < -0.39 is 0 Å². The molecule has 1 aromatic rings. The van der Waals surface area contributed by atoms with Gasteiger partial charge in [0.25, 0.3) is 0 Å². The first-order valence-corrected chi connectivity index (χ1v) is 8.03. The third kappa shape index (κ3) is 3.54. The van der Waals surface area contributed by atoms with E-state index in [1.165, 1.54) is 19.3 Å². The van der Waals surface area contributed by atoms with Gasteiger partial charge >= 0.3 is 0 Å². The number of thiocarbonyl (C=S) groups is 1. The highest BCUT2D eigenvalue weighted by molar-refractivity contribution is 7.80. The van der Waals surface area contributed by atoms with E-state index in [4.69, 9.17) is 27.4 Å². The highest BCUT2D eigenvalue weighted by Gasteiger charge is 2.35. The van der Waals surface area contributed by atoms with Gasteiger partial charge in [0.2, 0.25) is 0 Å². The first kappa shape index (κ1) is 14.8. The predicted octanol–water partition coefficient (Wildman–Crippen LogP) is 1.95. The number of hydrogen-bond acceptors (Lipinski definition) is 4. The van der Waals surface area contributed by atoms with Crippen molar-refractivity contribution in [1.29, 1.82) is 0 Å². The van der Waals surface area contributed by atoms with E-state index in [0.717, 1.165) is 31.0 Å². The maximum atomic E-state index is 5.83. The molecule has 0 spiro atoms. The minimum Gasteiger partial charge on any atom is -0.492 e. The number of benzene rings is 1. The maximum Gasteiger partial charge on any atom is 0.119 e. The van der Waals surface area contributed by atoms with Crippen molar-refractivity contribution < 1.29 is 9.47 Å². The van der Waals surface area contributed by atoms with Crippen molar-refractivity contribution in [1.82, 2.24) is 4.90 Å². The summed E-state index contributed by atoms with van der Waals surface area (Å²) in [6.45, 7) is 3.53. The lowest BCUT2D eigenvalue weighted by molar-refractivity contribution is -0.0583. The Morgan fingerprint density at radius 1 is 1.33 bits per heavy atom. The summed E-state index contributed by atoms with van der Waals surface area (Å²) < 4.78 is 11.7. The summed E-state index contributed by atoms with van der Waals surface area (Å²) in [6, 6.07) is 8.25. The fourth-order valence-electron chi connectivity index (χ4n) is 3.28. The average Bonchev–Trinajstić information content (AvgIpc) is 2.97. The lowest BCUT2D eigenvalue weighted by Crippen LogP contribution is -2.49. The van der Waals surface area contributed by atoms with Crippen LogP contribution in [0, 0.1) is 0 Å². The Hall–Kier alpha value is -1.17. The van der Waals surface area contributed by atoms with Gasteiger partial charge in [-0.1, -0.05) is 12.2 Å². The van der Waals surface area contributed by atoms with Crippen molar-refractivity contribution in [3.8, 4) is 5.75 Å². The summed E-state index contributed by atoms with van der Waals surface area (Å²) in [7, 11) is 0. The van der Waals surface area contributed by atoms with E-state index >= 15 is 0 Å². The number of morpholine rings is 1. The summed E-state index contributed by atoms with van der Waals surface area (Å²) in [5, 5.41) is 0. The second-order valence-electron chi connectivity index (χ2n) is 5.68. The lowest BCUT2D eigenvalue weighted by Gasteiger charge is -2.37. The topological polar surface area (TPSA) is 47.7 Å². The van der Waals surface area contributed by atoms with Gasteiger partial charge in [0.1, 0.15) is 17.3 Å². The molecule has 2 aliphatic rings. The van der Waals surface area contributed by atoms with Crippen LogP contribution in [-0.2, 0) is 4.74 Å².